The smallest absolute Gasteiger partial charge is 0.0564 e. The zero-order valence-corrected chi connectivity index (χ0v) is 12.5. The highest BCUT2D eigenvalue weighted by Gasteiger charge is 2.27. The van der Waals surface area contributed by atoms with Gasteiger partial charge < -0.3 is 5.32 Å². The first kappa shape index (κ1) is 14.3. The number of likely N-dealkylation sites (tertiary alicyclic amines) is 1. The van der Waals surface area contributed by atoms with E-state index in [1.807, 2.05) is 6.20 Å². The van der Waals surface area contributed by atoms with Crippen LogP contribution in [0, 0.1) is 5.92 Å². The molecule has 0 radical (unpaired) electrons. The number of hydrogen-bond acceptors (Lipinski definition) is 3. The maximum absolute atomic E-state index is 4.52. The van der Waals surface area contributed by atoms with E-state index in [1.165, 1.54) is 30.8 Å². The molecule has 0 aliphatic carbocycles. The number of pyridine rings is 1. The molecule has 3 nitrogen and oxygen atoms in total. The van der Waals surface area contributed by atoms with Crippen molar-refractivity contribution in [3.8, 4) is 0 Å². The zero-order valence-electron chi connectivity index (χ0n) is 12.5. The zero-order chi connectivity index (χ0) is 13.7. The second-order valence-corrected chi connectivity index (χ2v) is 5.89. The minimum atomic E-state index is 0.731. The molecule has 0 bridgehead atoms. The van der Waals surface area contributed by atoms with Gasteiger partial charge in [-0.15, -0.1) is 0 Å². The Bertz CT molecular complexity index is 389. The van der Waals surface area contributed by atoms with Crippen LogP contribution in [0.2, 0.25) is 0 Å². The number of nitrogens with one attached hydrogen (secondary N) is 1. The Balaban J connectivity index is 1.98. The van der Waals surface area contributed by atoms with Gasteiger partial charge in [0.15, 0.2) is 0 Å². The molecule has 1 atom stereocenters. The van der Waals surface area contributed by atoms with Crippen molar-refractivity contribution < 1.29 is 0 Å². The molecule has 1 aliphatic heterocycles. The SMILES string of the molecule is CCCNc1ccnc(CN2CCCC2C(C)C)c1. The number of rotatable bonds is 6. The summed E-state index contributed by atoms with van der Waals surface area (Å²) in [6, 6.07) is 4.99. The third-order valence-electron chi connectivity index (χ3n) is 3.94. The van der Waals surface area contributed by atoms with Gasteiger partial charge in [-0.05, 0) is 43.9 Å². The van der Waals surface area contributed by atoms with E-state index in [0.29, 0.717) is 0 Å². The molecule has 1 fully saturated rings. The van der Waals surface area contributed by atoms with Gasteiger partial charge in [0.1, 0.15) is 0 Å². The van der Waals surface area contributed by atoms with E-state index in [0.717, 1.165) is 31.5 Å². The van der Waals surface area contributed by atoms with Gasteiger partial charge in [0, 0.05) is 31.0 Å². The van der Waals surface area contributed by atoms with Crippen LogP contribution >= 0.6 is 0 Å². The quantitative estimate of drug-likeness (QED) is 0.849. The summed E-state index contributed by atoms with van der Waals surface area (Å²) in [6.45, 7) is 10.1. The summed E-state index contributed by atoms with van der Waals surface area (Å²) in [4.78, 5) is 7.12. The van der Waals surface area contributed by atoms with Gasteiger partial charge in [0.25, 0.3) is 0 Å². The van der Waals surface area contributed by atoms with Crippen LogP contribution in [-0.4, -0.2) is 29.0 Å². The lowest BCUT2D eigenvalue weighted by Crippen LogP contribution is -2.33. The van der Waals surface area contributed by atoms with Crippen LogP contribution in [0.5, 0.6) is 0 Å². The minimum absolute atomic E-state index is 0.731. The molecule has 2 heterocycles. The Morgan fingerprint density at radius 1 is 1.47 bits per heavy atom. The molecule has 1 aliphatic rings. The molecule has 3 heteroatoms. The van der Waals surface area contributed by atoms with Gasteiger partial charge in [-0.3, -0.25) is 9.88 Å². The molecule has 19 heavy (non-hydrogen) atoms. The average Bonchev–Trinajstić information content (AvgIpc) is 2.85. The molecule has 106 valence electrons. The Hall–Kier alpha value is -1.09. The molecule has 2 rings (SSSR count). The Kier molecular flexibility index (Phi) is 5.20. The van der Waals surface area contributed by atoms with E-state index in [1.54, 1.807) is 0 Å². The third-order valence-corrected chi connectivity index (χ3v) is 3.94. The van der Waals surface area contributed by atoms with Crippen molar-refractivity contribution in [2.45, 2.75) is 52.6 Å². The molecular formula is C16H27N3. The number of anilines is 1. The van der Waals surface area contributed by atoms with Crippen LogP contribution in [-0.2, 0) is 6.54 Å². The molecule has 0 spiro atoms. The Labute approximate surface area is 117 Å². The van der Waals surface area contributed by atoms with Gasteiger partial charge in [-0.25, -0.2) is 0 Å². The normalized spacial score (nSPS) is 20.1. The van der Waals surface area contributed by atoms with E-state index in [-0.39, 0.29) is 0 Å². The highest BCUT2D eigenvalue weighted by atomic mass is 15.2. The standard InChI is InChI=1S/C16H27N3/c1-4-8-17-14-7-9-18-15(11-14)12-19-10-5-6-16(19)13(2)3/h7,9,11,13,16H,4-6,8,10,12H2,1-3H3,(H,17,18). The molecule has 0 amide bonds. The maximum atomic E-state index is 4.52. The molecule has 1 N–H and O–H groups in total. The molecule has 1 unspecified atom stereocenters. The van der Waals surface area contributed by atoms with Crippen molar-refractivity contribution in [2.24, 2.45) is 5.92 Å². The fourth-order valence-corrected chi connectivity index (χ4v) is 2.96. The lowest BCUT2D eigenvalue weighted by molar-refractivity contribution is 0.197. The van der Waals surface area contributed by atoms with Crippen molar-refractivity contribution in [3.63, 3.8) is 0 Å². The average molecular weight is 261 g/mol. The molecule has 0 aromatic carbocycles. The molecule has 1 saturated heterocycles. The van der Waals surface area contributed by atoms with Crippen LogP contribution in [0.3, 0.4) is 0 Å². The van der Waals surface area contributed by atoms with Crippen molar-refractivity contribution in [1.82, 2.24) is 9.88 Å². The lowest BCUT2D eigenvalue weighted by Gasteiger charge is -2.27. The summed E-state index contributed by atoms with van der Waals surface area (Å²) in [6.07, 6.45) is 5.75. The van der Waals surface area contributed by atoms with E-state index in [9.17, 15) is 0 Å². The summed E-state index contributed by atoms with van der Waals surface area (Å²) in [5.74, 6) is 0.740. The van der Waals surface area contributed by atoms with E-state index >= 15 is 0 Å². The van der Waals surface area contributed by atoms with Crippen molar-refractivity contribution in [3.05, 3.63) is 24.0 Å². The first-order chi connectivity index (χ1) is 9.20. The molecule has 1 aromatic heterocycles. The number of hydrogen-bond donors (Lipinski definition) is 1. The highest BCUT2D eigenvalue weighted by Crippen LogP contribution is 2.25. The summed E-state index contributed by atoms with van der Waals surface area (Å²) >= 11 is 0. The number of aromatic nitrogens is 1. The van der Waals surface area contributed by atoms with Crippen LogP contribution in [0.1, 0.15) is 45.7 Å². The summed E-state index contributed by atoms with van der Waals surface area (Å²) < 4.78 is 0. The van der Waals surface area contributed by atoms with Crippen molar-refractivity contribution >= 4 is 5.69 Å². The third kappa shape index (κ3) is 3.93. The Morgan fingerprint density at radius 3 is 3.05 bits per heavy atom. The second-order valence-electron chi connectivity index (χ2n) is 5.89. The fraction of sp³-hybridized carbons (Fsp3) is 0.688. The van der Waals surface area contributed by atoms with Gasteiger partial charge in [-0.2, -0.15) is 0 Å². The van der Waals surface area contributed by atoms with E-state index in [2.05, 4.69) is 48.1 Å². The first-order valence-corrected chi connectivity index (χ1v) is 7.63. The van der Waals surface area contributed by atoms with Crippen LogP contribution in [0.25, 0.3) is 0 Å². The largest absolute Gasteiger partial charge is 0.385 e. The molecule has 0 saturated carbocycles. The van der Waals surface area contributed by atoms with Crippen LogP contribution in [0.15, 0.2) is 18.3 Å². The highest BCUT2D eigenvalue weighted by molar-refractivity contribution is 5.43. The first-order valence-electron chi connectivity index (χ1n) is 7.63. The van der Waals surface area contributed by atoms with Crippen molar-refractivity contribution in [1.29, 1.82) is 0 Å². The molecular weight excluding hydrogens is 234 g/mol. The summed E-state index contributed by atoms with van der Waals surface area (Å²) in [5, 5.41) is 3.44. The van der Waals surface area contributed by atoms with Crippen molar-refractivity contribution in [2.75, 3.05) is 18.4 Å². The van der Waals surface area contributed by atoms with Gasteiger partial charge in [0.2, 0.25) is 0 Å². The topological polar surface area (TPSA) is 28.2 Å². The predicted octanol–water partition coefficient (Wildman–Crippen LogP) is 3.52. The Morgan fingerprint density at radius 2 is 2.32 bits per heavy atom. The maximum Gasteiger partial charge on any atom is 0.0564 e. The van der Waals surface area contributed by atoms with E-state index in [4.69, 9.17) is 0 Å². The van der Waals surface area contributed by atoms with Gasteiger partial charge in [-0.1, -0.05) is 20.8 Å². The summed E-state index contributed by atoms with van der Waals surface area (Å²) in [5.41, 5.74) is 2.39. The van der Waals surface area contributed by atoms with E-state index < -0.39 is 0 Å². The van der Waals surface area contributed by atoms with Crippen LogP contribution < -0.4 is 5.32 Å². The summed E-state index contributed by atoms with van der Waals surface area (Å²) in [7, 11) is 0. The minimum Gasteiger partial charge on any atom is -0.385 e. The monoisotopic (exact) mass is 261 g/mol. The lowest BCUT2D eigenvalue weighted by atomic mass is 10.0. The predicted molar refractivity (Wildman–Crippen MR) is 81.3 cm³/mol. The number of nitrogens with zero attached hydrogens (tertiary/aromatic N) is 2. The van der Waals surface area contributed by atoms with Gasteiger partial charge in [0.05, 0.1) is 5.69 Å². The second kappa shape index (κ2) is 6.90. The fourth-order valence-electron chi connectivity index (χ4n) is 2.96. The van der Waals surface area contributed by atoms with Crippen LogP contribution in [0.4, 0.5) is 5.69 Å². The van der Waals surface area contributed by atoms with Gasteiger partial charge >= 0.3 is 0 Å². The molecule has 1 aromatic rings.